The predicted molar refractivity (Wildman–Crippen MR) is 78.3 cm³/mol. The van der Waals surface area contributed by atoms with Gasteiger partial charge in [0.15, 0.2) is 0 Å². The highest BCUT2D eigenvalue weighted by atomic mass is 16.5. The zero-order valence-corrected chi connectivity index (χ0v) is 12.5. The fourth-order valence-corrected chi connectivity index (χ4v) is 2.46. The summed E-state index contributed by atoms with van der Waals surface area (Å²) >= 11 is 0. The van der Waals surface area contributed by atoms with E-state index in [4.69, 9.17) is 9.47 Å². The highest BCUT2D eigenvalue weighted by Gasteiger charge is 2.26. The maximum Gasteiger partial charge on any atom is 0.322 e. The normalized spacial score (nSPS) is 22.5. The number of carbonyl (C=O) groups excluding carboxylic acids is 1. The highest BCUT2D eigenvalue weighted by Crippen LogP contribution is 2.25. The van der Waals surface area contributed by atoms with Gasteiger partial charge in [0.2, 0.25) is 0 Å². The van der Waals surface area contributed by atoms with Crippen LogP contribution in [0.4, 0.5) is 10.5 Å². The first-order valence-electron chi connectivity index (χ1n) is 6.85. The van der Waals surface area contributed by atoms with Crippen molar-refractivity contribution in [3.63, 3.8) is 0 Å². The Balaban J connectivity index is 2.09. The second-order valence-electron chi connectivity index (χ2n) is 5.30. The van der Waals surface area contributed by atoms with E-state index in [9.17, 15) is 4.79 Å². The van der Waals surface area contributed by atoms with Gasteiger partial charge in [-0.1, -0.05) is 6.07 Å². The standard InChI is InChI=1S/C15H22N2O3/c1-10-5-6-14(19-4)13(7-10)16-15(18)17-8-11(2)20-12(3)9-17/h5-7,11-12H,8-9H2,1-4H3,(H,16,18)/t11-,12+. The van der Waals surface area contributed by atoms with Crippen LogP contribution in [0, 0.1) is 6.92 Å². The summed E-state index contributed by atoms with van der Waals surface area (Å²) in [5, 5.41) is 2.92. The van der Waals surface area contributed by atoms with Gasteiger partial charge in [0.05, 0.1) is 25.0 Å². The molecule has 0 unspecified atom stereocenters. The first-order valence-corrected chi connectivity index (χ1v) is 6.85. The number of amides is 2. The monoisotopic (exact) mass is 278 g/mol. The van der Waals surface area contributed by atoms with Gasteiger partial charge >= 0.3 is 6.03 Å². The molecule has 1 saturated heterocycles. The fraction of sp³-hybridized carbons (Fsp3) is 0.533. The number of ether oxygens (including phenoxy) is 2. The van der Waals surface area contributed by atoms with Gasteiger partial charge in [-0.05, 0) is 38.5 Å². The van der Waals surface area contributed by atoms with E-state index in [1.807, 2.05) is 39.0 Å². The number of benzene rings is 1. The van der Waals surface area contributed by atoms with E-state index in [-0.39, 0.29) is 18.2 Å². The van der Waals surface area contributed by atoms with E-state index in [0.29, 0.717) is 24.5 Å². The van der Waals surface area contributed by atoms with Crippen LogP contribution in [0.25, 0.3) is 0 Å². The number of anilines is 1. The summed E-state index contributed by atoms with van der Waals surface area (Å²) in [4.78, 5) is 14.1. The SMILES string of the molecule is COc1ccc(C)cc1NC(=O)N1C[C@@H](C)O[C@@H](C)C1. The lowest BCUT2D eigenvalue weighted by Gasteiger charge is -2.35. The smallest absolute Gasteiger partial charge is 0.322 e. The maximum absolute atomic E-state index is 12.3. The molecule has 20 heavy (non-hydrogen) atoms. The van der Waals surface area contributed by atoms with Gasteiger partial charge in [0.1, 0.15) is 5.75 Å². The summed E-state index contributed by atoms with van der Waals surface area (Å²) in [5.41, 5.74) is 1.77. The van der Waals surface area contributed by atoms with Gasteiger partial charge in [-0.15, -0.1) is 0 Å². The van der Waals surface area contributed by atoms with Crippen LogP contribution in [-0.2, 0) is 4.74 Å². The molecule has 1 aliphatic rings. The molecule has 1 aromatic carbocycles. The third-order valence-electron chi connectivity index (χ3n) is 3.30. The molecule has 0 saturated carbocycles. The van der Waals surface area contributed by atoms with Gasteiger partial charge in [0.25, 0.3) is 0 Å². The van der Waals surface area contributed by atoms with Crippen molar-refractivity contribution in [2.24, 2.45) is 0 Å². The van der Waals surface area contributed by atoms with Crippen molar-refractivity contribution in [1.29, 1.82) is 0 Å². The minimum absolute atomic E-state index is 0.0592. The van der Waals surface area contributed by atoms with Crippen LogP contribution in [-0.4, -0.2) is 43.3 Å². The predicted octanol–water partition coefficient (Wildman–Crippen LogP) is 2.64. The van der Waals surface area contributed by atoms with Crippen molar-refractivity contribution in [2.75, 3.05) is 25.5 Å². The summed E-state index contributed by atoms with van der Waals surface area (Å²) < 4.78 is 10.9. The Bertz CT molecular complexity index is 480. The number of nitrogens with one attached hydrogen (secondary N) is 1. The van der Waals surface area contributed by atoms with Gasteiger partial charge in [-0.2, -0.15) is 0 Å². The van der Waals surface area contributed by atoms with Crippen LogP contribution in [0.1, 0.15) is 19.4 Å². The summed E-state index contributed by atoms with van der Waals surface area (Å²) in [6.07, 6.45) is 0.118. The van der Waals surface area contributed by atoms with Crippen molar-refractivity contribution < 1.29 is 14.3 Å². The van der Waals surface area contributed by atoms with Gasteiger partial charge in [0, 0.05) is 13.1 Å². The Morgan fingerprint density at radius 1 is 1.35 bits per heavy atom. The minimum atomic E-state index is -0.115. The molecule has 1 aliphatic heterocycles. The molecular weight excluding hydrogens is 256 g/mol. The van der Waals surface area contributed by atoms with Crippen LogP contribution in [0.2, 0.25) is 0 Å². The second kappa shape index (κ2) is 6.13. The Hall–Kier alpha value is -1.75. The summed E-state index contributed by atoms with van der Waals surface area (Å²) in [6.45, 7) is 7.13. The number of methoxy groups -OCH3 is 1. The third-order valence-corrected chi connectivity index (χ3v) is 3.30. The maximum atomic E-state index is 12.3. The molecule has 1 aromatic rings. The van der Waals surface area contributed by atoms with Crippen molar-refractivity contribution in [1.82, 2.24) is 4.90 Å². The number of rotatable bonds is 2. The van der Waals surface area contributed by atoms with Gasteiger partial charge in [-0.25, -0.2) is 4.79 Å². The molecule has 0 spiro atoms. The number of urea groups is 1. The molecule has 0 radical (unpaired) electrons. The van der Waals surface area contributed by atoms with E-state index < -0.39 is 0 Å². The van der Waals surface area contributed by atoms with E-state index >= 15 is 0 Å². The molecule has 2 atom stereocenters. The van der Waals surface area contributed by atoms with Crippen molar-refractivity contribution in [3.8, 4) is 5.75 Å². The molecular formula is C15H22N2O3. The first-order chi connectivity index (χ1) is 9.49. The van der Waals surface area contributed by atoms with Crippen LogP contribution in [0.5, 0.6) is 5.75 Å². The second-order valence-corrected chi connectivity index (χ2v) is 5.30. The molecule has 5 heteroatoms. The zero-order chi connectivity index (χ0) is 14.7. The largest absolute Gasteiger partial charge is 0.495 e. The Labute approximate surface area is 119 Å². The summed E-state index contributed by atoms with van der Waals surface area (Å²) in [6, 6.07) is 5.60. The van der Waals surface area contributed by atoms with Crippen molar-refractivity contribution in [3.05, 3.63) is 23.8 Å². The Kier molecular flexibility index (Phi) is 4.49. The van der Waals surface area contributed by atoms with Crippen LogP contribution >= 0.6 is 0 Å². The Morgan fingerprint density at radius 2 is 2.00 bits per heavy atom. The highest BCUT2D eigenvalue weighted by molar-refractivity contribution is 5.91. The number of nitrogens with zero attached hydrogens (tertiary/aromatic N) is 1. The van der Waals surface area contributed by atoms with Crippen molar-refractivity contribution >= 4 is 11.7 Å². The molecule has 5 nitrogen and oxygen atoms in total. The fourth-order valence-electron chi connectivity index (χ4n) is 2.46. The third kappa shape index (κ3) is 3.42. The quantitative estimate of drug-likeness (QED) is 0.904. The average Bonchev–Trinajstić information content (AvgIpc) is 2.37. The van der Waals surface area contributed by atoms with Gasteiger partial charge in [-0.3, -0.25) is 0 Å². The zero-order valence-electron chi connectivity index (χ0n) is 12.5. The van der Waals surface area contributed by atoms with Crippen LogP contribution < -0.4 is 10.1 Å². The van der Waals surface area contributed by atoms with E-state index in [1.165, 1.54) is 0 Å². The van der Waals surface area contributed by atoms with E-state index in [2.05, 4.69) is 5.32 Å². The van der Waals surface area contributed by atoms with E-state index in [1.54, 1.807) is 12.0 Å². The average molecular weight is 278 g/mol. The van der Waals surface area contributed by atoms with E-state index in [0.717, 1.165) is 5.56 Å². The molecule has 1 heterocycles. The summed E-state index contributed by atoms with van der Waals surface area (Å²) in [7, 11) is 1.60. The van der Waals surface area contributed by atoms with Gasteiger partial charge < -0.3 is 19.7 Å². The van der Waals surface area contributed by atoms with Crippen LogP contribution in [0.3, 0.4) is 0 Å². The molecule has 1 fully saturated rings. The molecule has 2 amide bonds. The molecule has 0 aliphatic carbocycles. The molecule has 110 valence electrons. The first kappa shape index (κ1) is 14.7. The number of morpholine rings is 1. The summed E-state index contributed by atoms with van der Waals surface area (Å²) in [5.74, 6) is 0.665. The lowest BCUT2D eigenvalue weighted by atomic mass is 10.2. The lowest BCUT2D eigenvalue weighted by molar-refractivity contribution is -0.0530. The number of aryl methyl sites for hydroxylation is 1. The minimum Gasteiger partial charge on any atom is -0.495 e. The van der Waals surface area contributed by atoms with Crippen molar-refractivity contribution in [2.45, 2.75) is 33.0 Å². The topological polar surface area (TPSA) is 50.8 Å². The molecule has 1 N–H and O–H groups in total. The molecule has 0 aromatic heterocycles. The van der Waals surface area contributed by atoms with Crippen LogP contribution in [0.15, 0.2) is 18.2 Å². The number of carbonyl (C=O) groups is 1. The Morgan fingerprint density at radius 3 is 2.60 bits per heavy atom. The number of hydrogen-bond donors (Lipinski definition) is 1. The lowest BCUT2D eigenvalue weighted by Crippen LogP contribution is -2.49. The number of hydrogen-bond acceptors (Lipinski definition) is 3. The molecule has 2 rings (SSSR count). The molecule has 0 bridgehead atoms.